The molecule has 1 atom stereocenters. The molecule has 10 heteroatoms. The van der Waals surface area contributed by atoms with Crippen molar-refractivity contribution in [3.8, 4) is 5.69 Å². The molecule has 0 aliphatic rings. The van der Waals surface area contributed by atoms with Crippen LogP contribution in [-0.4, -0.2) is 47.5 Å². The SMILES string of the molecule is COCCCN(C(C)c1nc2ccccc2c(=O)n1-c1ccc(Cl)cc1)S(=O)(=O)c1cccc2cccnc12. The Morgan fingerprint density at radius 3 is 2.51 bits per heavy atom. The topological polar surface area (TPSA) is 94.4 Å². The normalized spacial score (nSPS) is 12.8. The van der Waals surface area contributed by atoms with Crippen molar-refractivity contribution >= 4 is 43.4 Å². The fourth-order valence-electron chi connectivity index (χ4n) is 4.70. The minimum atomic E-state index is -4.09. The van der Waals surface area contributed by atoms with Gasteiger partial charge in [0.25, 0.3) is 5.56 Å². The molecule has 5 rings (SSSR count). The first kappa shape index (κ1) is 27.0. The molecule has 5 aromatic rings. The lowest BCUT2D eigenvalue weighted by Crippen LogP contribution is -2.38. The maximum atomic E-state index is 14.3. The van der Waals surface area contributed by atoms with Gasteiger partial charge in [-0.05, 0) is 61.9 Å². The lowest BCUT2D eigenvalue weighted by Gasteiger charge is -2.30. The molecule has 0 saturated carbocycles. The van der Waals surface area contributed by atoms with Crippen molar-refractivity contribution in [1.82, 2.24) is 18.8 Å². The van der Waals surface area contributed by atoms with E-state index >= 15 is 0 Å². The van der Waals surface area contributed by atoms with Crippen LogP contribution in [0, 0.1) is 0 Å². The van der Waals surface area contributed by atoms with E-state index in [2.05, 4.69) is 4.98 Å². The van der Waals surface area contributed by atoms with Gasteiger partial charge < -0.3 is 4.74 Å². The highest BCUT2D eigenvalue weighted by Crippen LogP contribution is 2.31. The van der Waals surface area contributed by atoms with Crippen LogP contribution in [0.3, 0.4) is 0 Å². The Balaban J connectivity index is 1.73. The zero-order chi connectivity index (χ0) is 27.6. The van der Waals surface area contributed by atoms with Gasteiger partial charge in [0.05, 0.1) is 28.1 Å². The molecular formula is C29H27ClN4O4S. The highest BCUT2D eigenvalue weighted by atomic mass is 35.5. The Labute approximate surface area is 231 Å². The Hall–Kier alpha value is -3.63. The van der Waals surface area contributed by atoms with Crippen molar-refractivity contribution in [3.05, 3.63) is 106 Å². The number of aromatic nitrogens is 3. The predicted octanol–water partition coefficient (Wildman–Crippen LogP) is 5.38. The molecule has 200 valence electrons. The summed E-state index contributed by atoms with van der Waals surface area (Å²) in [4.78, 5) is 23.1. The number of hydrogen-bond acceptors (Lipinski definition) is 6. The van der Waals surface area contributed by atoms with E-state index in [0.29, 0.717) is 45.5 Å². The number of rotatable bonds is 9. The van der Waals surface area contributed by atoms with E-state index in [9.17, 15) is 13.2 Å². The summed E-state index contributed by atoms with van der Waals surface area (Å²) in [5.74, 6) is 0.287. The first-order valence-electron chi connectivity index (χ1n) is 12.4. The number of ether oxygens (including phenoxy) is 1. The van der Waals surface area contributed by atoms with Crippen LogP contribution in [-0.2, 0) is 14.8 Å². The summed E-state index contributed by atoms with van der Waals surface area (Å²) in [5, 5.41) is 1.66. The van der Waals surface area contributed by atoms with Crippen LogP contribution in [0.4, 0.5) is 0 Å². The van der Waals surface area contributed by atoms with Gasteiger partial charge in [-0.15, -0.1) is 0 Å². The van der Waals surface area contributed by atoms with Gasteiger partial charge in [0, 0.05) is 36.9 Å². The second-order valence-electron chi connectivity index (χ2n) is 9.07. The zero-order valence-corrected chi connectivity index (χ0v) is 23.1. The smallest absolute Gasteiger partial charge is 0.266 e. The molecule has 39 heavy (non-hydrogen) atoms. The van der Waals surface area contributed by atoms with Crippen LogP contribution in [0.1, 0.15) is 25.2 Å². The number of halogens is 1. The Kier molecular flexibility index (Phi) is 7.76. The first-order chi connectivity index (χ1) is 18.8. The average Bonchev–Trinajstić information content (AvgIpc) is 2.95. The van der Waals surface area contributed by atoms with Gasteiger partial charge in [0.15, 0.2) is 0 Å². The van der Waals surface area contributed by atoms with Gasteiger partial charge in [-0.3, -0.25) is 14.3 Å². The van der Waals surface area contributed by atoms with E-state index < -0.39 is 16.1 Å². The van der Waals surface area contributed by atoms with Gasteiger partial charge in [-0.1, -0.05) is 41.9 Å². The highest BCUT2D eigenvalue weighted by molar-refractivity contribution is 7.89. The molecule has 0 saturated heterocycles. The molecule has 3 aromatic carbocycles. The van der Waals surface area contributed by atoms with E-state index in [0.717, 1.165) is 0 Å². The van der Waals surface area contributed by atoms with Gasteiger partial charge in [-0.25, -0.2) is 13.4 Å². The van der Waals surface area contributed by atoms with Crippen LogP contribution in [0.2, 0.25) is 5.02 Å². The van der Waals surface area contributed by atoms with Crippen LogP contribution >= 0.6 is 11.6 Å². The van der Waals surface area contributed by atoms with E-state index in [1.807, 2.05) is 12.1 Å². The van der Waals surface area contributed by atoms with Gasteiger partial charge in [-0.2, -0.15) is 4.31 Å². The largest absolute Gasteiger partial charge is 0.385 e. The summed E-state index contributed by atoms with van der Waals surface area (Å²) in [7, 11) is -2.52. The summed E-state index contributed by atoms with van der Waals surface area (Å²) < 4.78 is 36.7. The van der Waals surface area contributed by atoms with Crippen LogP contribution in [0.5, 0.6) is 0 Å². The fraction of sp³-hybridized carbons (Fsp3) is 0.207. The molecule has 0 aliphatic heterocycles. The molecular weight excluding hydrogens is 536 g/mol. The highest BCUT2D eigenvalue weighted by Gasteiger charge is 2.34. The third kappa shape index (κ3) is 5.18. The number of pyridine rings is 1. The van der Waals surface area contributed by atoms with Crippen LogP contribution in [0.15, 0.2) is 94.7 Å². The van der Waals surface area contributed by atoms with Crippen molar-refractivity contribution in [3.63, 3.8) is 0 Å². The number of hydrogen-bond donors (Lipinski definition) is 0. The molecule has 8 nitrogen and oxygen atoms in total. The van der Waals surface area contributed by atoms with E-state index in [4.69, 9.17) is 21.3 Å². The summed E-state index contributed by atoms with van der Waals surface area (Å²) in [6.45, 7) is 2.25. The molecule has 1 unspecified atom stereocenters. The molecule has 0 amide bonds. The van der Waals surface area contributed by atoms with Gasteiger partial charge >= 0.3 is 0 Å². The molecule has 0 bridgehead atoms. The zero-order valence-electron chi connectivity index (χ0n) is 21.5. The summed E-state index contributed by atoms with van der Waals surface area (Å²) in [6.07, 6.45) is 2.01. The second-order valence-corrected chi connectivity index (χ2v) is 11.4. The molecule has 2 heterocycles. The third-order valence-electron chi connectivity index (χ3n) is 6.60. The molecule has 0 fully saturated rings. The second kappa shape index (κ2) is 11.2. The van der Waals surface area contributed by atoms with Crippen molar-refractivity contribution in [2.45, 2.75) is 24.3 Å². The minimum Gasteiger partial charge on any atom is -0.385 e. The Bertz CT molecular complexity index is 1800. The number of fused-ring (bicyclic) bond motifs is 2. The number of sulfonamides is 1. The summed E-state index contributed by atoms with van der Waals surface area (Å²) in [5.41, 5.74) is 1.09. The number of benzene rings is 3. The van der Waals surface area contributed by atoms with Crippen LogP contribution < -0.4 is 5.56 Å². The molecule has 2 aromatic heterocycles. The molecule has 0 spiro atoms. The number of methoxy groups -OCH3 is 1. The lowest BCUT2D eigenvalue weighted by atomic mass is 10.2. The van der Waals surface area contributed by atoms with Crippen molar-refractivity contribution in [2.75, 3.05) is 20.3 Å². The number of nitrogens with zero attached hydrogens (tertiary/aromatic N) is 4. The molecule has 0 radical (unpaired) electrons. The Morgan fingerprint density at radius 2 is 1.74 bits per heavy atom. The van der Waals surface area contributed by atoms with Crippen LogP contribution in [0.25, 0.3) is 27.5 Å². The lowest BCUT2D eigenvalue weighted by molar-refractivity contribution is 0.182. The molecule has 0 aliphatic carbocycles. The first-order valence-corrected chi connectivity index (χ1v) is 14.3. The van der Waals surface area contributed by atoms with Crippen molar-refractivity contribution in [2.24, 2.45) is 0 Å². The van der Waals surface area contributed by atoms with Crippen molar-refractivity contribution in [1.29, 1.82) is 0 Å². The predicted molar refractivity (Wildman–Crippen MR) is 153 cm³/mol. The monoisotopic (exact) mass is 562 g/mol. The Morgan fingerprint density at radius 1 is 1.00 bits per heavy atom. The molecule has 0 N–H and O–H groups in total. The average molecular weight is 563 g/mol. The van der Waals surface area contributed by atoms with E-state index in [1.165, 1.54) is 8.87 Å². The fourth-order valence-corrected chi connectivity index (χ4v) is 6.62. The maximum Gasteiger partial charge on any atom is 0.266 e. The summed E-state index contributed by atoms with van der Waals surface area (Å²) in [6, 6.07) is 21.7. The minimum absolute atomic E-state index is 0.0889. The van der Waals surface area contributed by atoms with Gasteiger partial charge in [0.2, 0.25) is 10.0 Å². The maximum absolute atomic E-state index is 14.3. The van der Waals surface area contributed by atoms with Gasteiger partial charge in [0.1, 0.15) is 10.7 Å². The number of para-hydroxylation sites is 2. The van der Waals surface area contributed by atoms with Crippen molar-refractivity contribution < 1.29 is 13.2 Å². The summed E-state index contributed by atoms with van der Waals surface area (Å²) >= 11 is 6.12. The third-order valence-corrected chi connectivity index (χ3v) is 8.85. The van der Waals surface area contributed by atoms with E-state index in [1.54, 1.807) is 87.0 Å². The quantitative estimate of drug-likeness (QED) is 0.224. The standard InChI is InChI=1S/C29H27ClN4O4S/c1-20(28-32-25-11-4-3-10-24(25)29(35)34(28)23-15-13-22(30)14-16-23)33(18-7-19-38-2)39(36,37)26-12-5-8-21-9-6-17-31-27(21)26/h3-6,8-17,20H,7,18-19H2,1-2H3. The van der Waals surface area contributed by atoms with E-state index in [-0.39, 0.29) is 22.8 Å².